The maximum Gasteiger partial charge on any atom is 0.251 e. The van der Waals surface area contributed by atoms with Gasteiger partial charge in [-0.3, -0.25) is 4.79 Å². The Balaban J connectivity index is 2.76. The van der Waals surface area contributed by atoms with Crippen LogP contribution >= 0.6 is 15.9 Å². The first-order valence-electron chi connectivity index (χ1n) is 5.02. The topological polar surface area (TPSA) is 29.1 Å². The third kappa shape index (κ3) is 3.73. The minimum absolute atomic E-state index is 0.0848. The van der Waals surface area contributed by atoms with Crippen molar-refractivity contribution in [2.45, 2.75) is 18.2 Å². The van der Waals surface area contributed by atoms with E-state index in [2.05, 4.69) is 21.2 Å². The molecular formula is C11H11BrF3NO. The highest BCUT2D eigenvalue weighted by Gasteiger charge is 2.15. The van der Waals surface area contributed by atoms with Crippen molar-refractivity contribution in [1.82, 2.24) is 5.32 Å². The van der Waals surface area contributed by atoms with E-state index in [4.69, 9.17) is 0 Å². The summed E-state index contributed by atoms with van der Waals surface area (Å²) >= 11 is 3.30. The summed E-state index contributed by atoms with van der Waals surface area (Å²) in [6, 6.07) is 1.34. The Morgan fingerprint density at radius 2 is 1.88 bits per heavy atom. The maximum atomic E-state index is 12.9. The van der Waals surface area contributed by atoms with Gasteiger partial charge in [-0.05, 0) is 18.6 Å². The lowest BCUT2D eigenvalue weighted by Gasteiger charge is -2.09. The lowest BCUT2D eigenvalue weighted by atomic mass is 10.2. The number of rotatable bonds is 4. The number of hydrogen-bond donors (Lipinski definition) is 1. The van der Waals surface area contributed by atoms with Crippen molar-refractivity contribution in [3.8, 4) is 0 Å². The van der Waals surface area contributed by atoms with E-state index in [0.29, 0.717) is 18.7 Å². The molecule has 0 aliphatic rings. The molecule has 1 aromatic rings. The average Bonchev–Trinajstić information content (AvgIpc) is 2.31. The van der Waals surface area contributed by atoms with Crippen molar-refractivity contribution in [2.75, 3.05) is 6.54 Å². The van der Waals surface area contributed by atoms with Gasteiger partial charge in [0, 0.05) is 16.9 Å². The van der Waals surface area contributed by atoms with Crippen molar-refractivity contribution in [3.63, 3.8) is 0 Å². The quantitative estimate of drug-likeness (QED) is 0.672. The number of halogens is 4. The Morgan fingerprint density at radius 1 is 1.35 bits per heavy atom. The van der Waals surface area contributed by atoms with Crippen molar-refractivity contribution in [1.29, 1.82) is 0 Å². The first kappa shape index (κ1) is 14.0. The number of amides is 1. The molecule has 17 heavy (non-hydrogen) atoms. The van der Waals surface area contributed by atoms with Crippen LogP contribution in [0.3, 0.4) is 0 Å². The second kappa shape index (κ2) is 6.05. The molecular weight excluding hydrogens is 299 g/mol. The molecule has 1 aromatic carbocycles. The summed E-state index contributed by atoms with van der Waals surface area (Å²) in [7, 11) is 0. The molecule has 0 saturated carbocycles. The highest BCUT2D eigenvalue weighted by atomic mass is 79.9. The van der Waals surface area contributed by atoms with Crippen LogP contribution in [-0.2, 0) is 0 Å². The summed E-state index contributed by atoms with van der Waals surface area (Å²) in [6.45, 7) is 2.25. The lowest BCUT2D eigenvalue weighted by molar-refractivity contribution is 0.0952. The van der Waals surface area contributed by atoms with Crippen LogP contribution in [-0.4, -0.2) is 17.3 Å². The van der Waals surface area contributed by atoms with Gasteiger partial charge < -0.3 is 5.32 Å². The molecule has 0 aliphatic heterocycles. The van der Waals surface area contributed by atoms with E-state index in [0.717, 1.165) is 6.42 Å². The Bertz CT molecular complexity index is 402. The third-order valence-corrected chi connectivity index (χ3v) is 3.14. The minimum atomic E-state index is -1.58. The van der Waals surface area contributed by atoms with Crippen molar-refractivity contribution in [3.05, 3.63) is 35.1 Å². The summed E-state index contributed by atoms with van der Waals surface area (Å²) in [6.07, 6.45) is 0.798. The van der Waals surface area contributed by atoms with E-state index in [1.165, 1.54) is 0 Å². The van der Waals surface area contributed by atoms with Crippen LogP contribution in [0.2, 0.25) is 0 Å². The zero-order chi connectivity index (χ0) is 13.0. The standard InChI is InChI=1S/C11H11BrF3NO/c1-2-7(12)5-16-11(17)6-3-8(13)10(15)9(14)4-6/h3-4,7H,2,5H2,1H3,(H,16,17). The molecule has 0 fully saturated rings. The van der Waals surface area contributed by atoms with Crippen molar-refractivity contribution < 1.29 is 18.0 Å². The monoisotopic (exact) mass is 309 g/mol. The molecule has 1 amide bonds. The third-order valence-electron chi connectivity index (χ3n) is 2.17. The summed E-state index contributed by atoms with van der Waals surface area (Å²) in [5.41, 5.74) is -0.239. The summed E-state index contributed by atoms with van der Waals surface area (Å²) in [4.78, 5) is 11.6. The molecule has 1 N–H and O–H groups in total. The fourth-order valence-electron chi connectivity index (χ4n) is 1.14. The van der Waals surface area contributed by atoms with Gasteiger partial charge in [0.05, 0.1) is 0 Å². The summed E-state index contributed by atoms with van der Waals surface area (Å²) < 4.78 is 38.4. The van der Waals surface area contributed by atoms with Crippen LogP contribution in [0.1, 0.15) is 23.7 Å². The highest BCUT2D eigenvalue weighted by molar-refractivity contribution is 9.09. The van der Waals surface area contributed by atoms with E-state index in [-0.39, 0.29) is 10.4 Å². The Labute approximate surface area is 105 Å². The van der Waals surface area contributed by atoms with Crippen LogP contribution in [0.5, 0.6) is 0 Å². The molecule has 6 heteroatoms. The zero-order valence-electron chi connectivity index (χ0n) is 9.07. The first-order chi connectivity index (χ1) is 7.95. The smallest absolute Gasteiger partial charge is 0.251 e. The highest BCUT2D eigenvalue weighted by Crippen LogP contribution is 2.13. The van der Waals surface area contributed by atoms with Gasteiger partial charge in [-0.1, -0.05) is 22.9 Å². The van der Waals surface area contributed by atoms with Gasteiger partial charge in [0.15, 0.2) is 17.5 Å². The fraction of sp³-hybridized carbons (Fsp3) is 0.364. The van der Waals surface area contributed by atoms with Gasteiger partial charge in [0.25, 0.3) is 5.91 Å². The Kier molecular flexibility index (Phi) is 4.99. The molecule has 0 aromatic heterocycles. The largest absolute Gasteiger partial charge is 0.351 e. The van der Waals surface area contributed by atoms with Crippen LogP contribution in [0.25, 0.3) is 0 Å². The predicted octanol–water partition coefficient (Wildman–Crippen LogP) is 3.01. The maximum absolute atomic E-state index is 12.9. The Morgan fingerprint density at radius 3 is 2.35 bits per heavy atom. The SMILES string of the molecule is CCC(Br)CNC(=O)c1cc(F)c(F)c(F)c1. The number of benzene rings is 1. The molecule has 1 rings (SSSR count). The van der Waals surface area contributed by atoms with E-state index in [9.17, 15) is 18.0 Å². The fourth-order valence-corrected chi connectivity index (χ4v) is 1.30. The molecule has 94 valence electrons. The van der Waals surface area contributed by atoms with Crippen molar-refractivity contribution in [2.24, 2.45) is 0 Å². The van der Waals surface area contributed by atoms with E-state index < -0.39 is 23.4 Å². The molecule has 0 aliphatic carbocycles. The first-order valence-corrected chi connectivity index (χ1v) is 5.94. The number of hydrogen-bond acceptors (Lipinski definition) is 1. The predicted molar refractivity (Wildman–Crippen MR) is 61.7 cm³/mol. The van der Waals surface area contributed by atoms with Gasteiger partial charge in [-0.2, -0.15) is 0 Å². The normalized spacial score (nSPS) is 12.3. The van der Waals surface area contributed by atoms with Gasteiger partial charge >= 0.3 is 0 Å². The van der Waals surface area contributed by atoms with Gasteiger partial charge in [0.2, 0.25) is 0 Å². The summed E-state index contributed by atoms with van der Waals surface area (Å²) in [5, 5.41) is 2.48. The van der Waals surface area contributed by atoms with Crippen LogP contribution in [0, 0.1) is 17.5 Å². The summed E-state index contributed by atoms with van der Waals surface area (Å²) in [5.74, 6) is -4.96. The second-order valence-electron chi connectivity index (χ2n) is 3.47. The minimum Gasteiger partial charge on any atom is -0.351 e. The van der Waals surface area contributed by atoms with Crippen LogP contribution < -0.4 is 5.32 Å². The van der Waals surface area contributed by atoms with Gasteiger partial charge in [-0.25, -0.2) is 13.2 Å². The van der Waals surface area contributed by atoms with E-state index in [1.807, 2.05) is 6.92 Å². The van der Waals surface area contributed by atoms with Gasteiger partial charge in [-0.15, -0.1) is 0 Å². The second-order valence-corrected chi connectivity index (χ2v) is 4.76. The lowest BCUT2D eigenvalue weighted by Crippen LogP contribution is -2.29. The number of alkyl halides is 1. The van der Waals surface area contributed by atoms with Crippen LogP contribution in [0.4, 0.5) is 13.2 Å². The van der Waals surface area contributed by atoms with Crippen LogP contribution in [0.15, 0.2) is 12.1 Å². The molecule has 0 spiro atoms. The molecule has 0 heterocycles. The Hall–Kier alpha value is -1.04. The number of carbonyl (C=O) groups is 1. The molecule has 2 nitrogen and oxygen atoms in total. The zero-order valence-corrected chi connectivity index (χ0v) is 10.7. The number of carbonyl (C=O) groups excluding carboxylic acids is 1. The molecule has 0 saturated heterocycles. The van der Waals surface area contributed by atoms with E-state index in [1.54, 1.807) is 0 Å². The average molecular weight is 310 g/mol. The molecule has 1 atom stereocenters. The number of nitrogens with one attached hydrogen (secondary N) is 1. The van der Waals surface area contributed by atoms with Crippen molar-refractivity contribution >= 4 is 21.8 Å². The molecule has 0 bridgehead atoms. The van der Waals surface area contributed by atoms with E-state index >= 15 is 0 Å². The van der Waals surface area contributed by atoms with Gasteiger partial charge in [0.1, 0.15) is 0 Å². The molecule has 1 unspecified atom stereocenters. The molecule has 0 radical (unpaired) electrons.